The second kappa shape index (κ2) is 7.41. The first-order chi connectivity index (χ1) is 10.6. The van der Waals surface area contributed by atoms with E-state index in [4.69, 9.17) is 15.2 Å². The second-order valence-corrected chi connectivity index (χ2v) is 5.06. The van der Waals surface area contributed by atoms with Crippen molar-refractivity contribution in [3.63, 3.8) is 0 Å². The molecule has 0 amide bonds. The van der Waals surface area contributed by atoms with Gasteiger partial charge in [0.25, 0.3) is 0 Å². The SMILES string of the molecule is COc1ccc(/C=C(\N)CNc2cccc(C)c2)cc1OC. The summed E-state index contributed by atoms with van der Waals surface area (Å²) in [5, 5.41) is 3.31. The van der Waals surface area contributed by atoms with Crippen molar-refractivity contribution in [2.45, 2.75) is 6.92 Å². The second-order valence-electron chi connectivity index (χ2n) is 5.06. The minimum absolute atomic E-state index is 0.581. The van der Waals surface area contributed by atoms with Gasteiger partial charge in [0.15, 0.2) is 11.5 Å². The molecule has 2 aromatic rings. The fourth-order valence-corrected chi connectivity index (χ4v) is 2.17. The van der Waals surface area contributed by atoms with Crippen LogP contribution in [-0.2, 0) is 0 Å². The van der Waals surface area contributed by atoms with E-state index in [1.165, 1.54) is 5.56 Å². The minimum atomic E-state index is 0.581. The molecule has 4 heteroatoms. The van der Waals surface area contributed by atoms with E-state index in [0.717, 1.165) is 16.9 Å². The van der Waals surface area contributed by atoms with Crippen LogP contribution < -0.4 is 20.5 Å². The van der Waals surface area contributed by atoms with Crippen molar-refractivity contribution in [3.8, 4) is 11.5 Å². The van der Waals surface area contributed by atoms with E-state index in [1.54, 1.807) is 14.2 Å². The number of nitrogens with two attached hydrogens (primary N) is 1. The number of nitrogens with one attached hydrogen (secondary N) is 1. The maximum absolute atomic E-state index is 6.08. The average Bonchev–Trinajstić information content (AvgIpc) is 2.53. The molecule has 0 aromatic heterocycles. The molecule has 0 aliphatic rings. The highest BCUT2D eigenvalue weighted by atomic mass is 16.5. The van der Waals surface area contributed by atoms with Crippen LogP contribution in [0.15, 0.2) is 48.2 Å². The molecule has 0 bridgehead atoms. The van der Waals surface area contributed by atoms with Crippen molar-refractivity contribution in [1.82, 2.24) is 0 Å². The van der Waals surface area contributed by atoms with Gasteiger partial charge >= 0.3 is 0 Å². The van der Waals surface area contributed by atoms with Crippen LogP contribution in [0.4, 0.5) is 5.69 Å². The summed E-state index contributed by atoms with van der Waals surface area (Å²) < 4.78 is 10.5. The molecule has 2 rings (SSSR count). The van der Waals surface area contributed by atoms with E-state index >= 15 is 0 Å². The van der Waals surface area contributed by atoms with Crippen LogP contribution in [0.2, 0.25) is 0 Å². The fraction of sp³-hybridized carbons (Fsp3) is 0.222. The molecule has 4 nitrogen and oxygen atoms in total. The summed E-state index contributed by atoms with van der Waals surface area (Å²) in [7, 11) is 3.24. The molecule has 3 N–H and O–H groups in total. The standard InChI is InChI=1S/C18H22N2O2/c1-13-5-4-6-16(9-13)20-12-15(19)10-14-7-8-17(21-2)18(11-14)22-3/h4-11,20H,12,19H2,1-3H3/b15-10-. The quantitative estimate of drug-likeness (QED) is 0.858. The Hall–Kier alpha value is -2.62. The third kappa shape index (κ3) is 4.19. The lowest BCUT2D eigenvalue weighted by molar-refractivity contribution is 0.355. The number of methoxy groups -OCH3 is 2. The van der Waals surface area contributed by atoms with Crippen molar-refractivity contribution < 1.29 is 9.47 Å². The van der Waals surface area contributed by atoms with E-state index in [2.05, 4.69) is 24.4 Å². The van der Waals surface area contributed by atoms with Gasteiger partial charge in [0.2, 0.25) is 0 Å². The summed E-state index contributed by atoms with van der Waals surface area (Å²) in [5.74, 6) is 1.40. The van der Waals surface area contributed by atoms with E-state index in [1.807, 2.05) is 36.4 Å². The summed E-state index contributed by atoms with van der Waals surface area (Å²) in [6.45, 7) is 2.64. The molecule has 0 spiro atoms. The molecule has 0 atom stereocenters. The first-order valence-electron chi connectivity index (χ1n) is 7.11. The van der Waals surface area contributed by atoms with Crippen LogP contribution in [0.5, 0.6) is 11.5 Å². The number of rotatable bonds is 6. The molecule has 0 fully saturated rings. The highest BCUT2D eigenvalue weighted by Crippen LogP contribution is 2.28. The number of hydrogen-bond donors (Lipinski definition) is 2. The van der Waals surface area contributed by atoms with E-state index in [0.29, 0.717) is 18.0 Å². The van der Waals surface area contributed by atoms with Crippen LogP contribution >= 0.6 is 0 Å². The zero-order valence-electron chi connectivity index (χ0n) is 13.2. The predicted molar refractivity (Wildman–Crippen MR) is 91.4 cm³/mol. The Morgan fingerprint density at radius 2 is 1.86 bits per heavy atom. The number of benzene rings is 2. The van der Waals surface area contributed by atoms with Gasteiger partial charge in [0.05, 0.1) is 20.8 Å². The lowest BCUT2D eigenvalue weighted by Gasteiger charge is -2.09. The molecule has 0 aliphatic carbocycles. The fourth-order valence-electron chi connectivity index (χ4n) is 2.17. The number of ether oxygens (including phenoxy) is 2. The Morgan fingerprint density at radius 1 is 1.09 bits per heavy atom. The van der Waals surface area contributed by atoms with E-state index in [9.17, 15) is 0 Å². The average molecular weight is 298 g/mol. The molecule has 0 saturated carbocycles. The summed E-state index contributed by atoms with van der Waals surface area (Å²) >= 11 is 0. The molecule has 0 unspecified atom stereocenters. The predicted octanol–water partition coefficient (Wildman–Crippen LogP) is 3.42. The molecule has 22 heavy (non-hydrogen) atoms. The monoisotopic (exact) mass is 298 g/mol. The smallest absolute Gasteiger partial charge is 0.161 e. The number of aryl methyl sites for hydroxylation is 1. The lowest BCUT2D eigenvalue weighted by atomic mass is 10.1. The Labute approximate surface area is 131 Å². The number of anilines is 1. The van der Waals surface area contributed by atoms with E-state index in [-0.39, 0.29) is 0 Å². The highest BCUT2D eigenvalue weighted by Gasteiger charge is 2.03. The van der Waals surface area contributed by atoms with Crippen molar-refractivity contribution in [2.24, 2.45) is 5.73 Å². The Kier molecular flexibility index (Phi) is 5.31. The largest absolute Gasteiger partial charge is 0.493 e. The van der Waals surface area contributed by atoms with Crippen molar-refractivity contribution in [2.75, 3.05) is 26.1 Å². The Morgan fingerprint density at radius 3 is 2.55 bits per heavy atom. The first-order valence-corrected chi connectivity index (χ1v) is 7.11. The van der Waals surface area contributed by atoms with E-state index < -0.39 is 0 Å². The molecule has 0 radical (unpaired) electrons. The normalized spacial score (nSPS) is 11.1. The third-order valence-electron chi connectivity index (χ3n) is 3.27. The molecular weight excluding hydrogens is 276 g/mol. The van der Waals surface area contributed by atoms with Crippen molar-refractivity contribution in [3.05, 3.63) is 59.3 Å². The molecule has 2 aromatic carbocycles. The zero-order valence-corrected chi connectivity index (χ0v) is 13.2. The minimum Gasteiger partial charge on any atom is -0.493 e. The lowest BCUT2D eigenvalue weighted by Crippen LogP contribution is -2.11. The maximum atomic E-state index is 6.08. The van der Waals surface area contributed by atoms with Gasteiger partial charge in [-0.2, -0.15) is 0 Å². The first kappa shape index (κ1) is 15.8. The van der Waals surface area contributed by atoms with Crippen molar-refractivity contribution >= 4 is 11.8 Å². The maximum Gasteiger partial charge on any atom is 0.161 e. The van der Waals surface area contributed by atoms with Crippen molar-refractivity contribution in [1.29, 1.82) is 0 Å². The summed E-state index contributed by atoms with van der Waals surface area (Å²) in [6, 6.07) is 13.9. The van der Waals surface area contributed by atoms with Gasteiger partial charge in [-0.05, 0) is 48.4 Å². The topological polar surface area (TPSA) is 56.5 Å². The van der Waals surface area contributed by atoms with Gasteiger partial charge in [-0.1, -0.05) is 18.2 Å². The van der Waals surface area contributed by atoms with Crippen LogP contribution in [0, 0.1) is 6.92 Å². The van der Waals surface area contributed by atoms with Crippen LogP contribution in [0.25, 0.3) is 6.08 Å². The van der Waals surface area contributed by atoms with Crippen LogP contribution in [-0.4, -0.2) is 20.8 Å². The van der Waals surface area contributed by atoms with Gasteiger partial charge in [-0.25, -0.2) is 0 Å². The molecule has 0 saturated heterocycles. The highest BCUT2D eigenvalue weighted by molar-refractivity contribution is 5.59. The van der Waals surface area contributed by atoms with Gasteiger partial charge in [-0.15, -0.1) is 0 Å². The summed E-state index contributed by atoms with van der Waals surface area (Å²) in [4.78, 5) is 0. The van der Waals surface area contributed by atoms with Crippen LogP contribution in [0.3, 0.4) is 0 Å². The Balaban J connectivity index is 2.05. The van der Waals surface area contributed by atoms with Gasteiger partial charge in [0.1, 0.15) is 0 Å². The molecule has 0 heterocycles. The summed E-state index contributed by atoms with van der Waals surface area (Å²) in [6.07, 6.45) is 1.92. The third-order valence-corrected chi connectivity index (χ3v) is 3.27. The van der Waals surface area contributed by atoms with Gasteiger partial charge < -0.3 is 20.5 Å². The molecule has 116 valence electrons. The van der Waals surface area contributed by atoms with Gasteiger partial charge in [0, 0.05) is 11.4 Å². The molecular formula is C18H22N2O2. The number of hydrogen-bond acceptors (Lipinski definition) is 4. The Bertz CT molecular complexity index is 666. The summed E-state index contributed by atoms with van der Waals surface area (Å²) in [5.41, 5.74) is 10.1. The molecule has 0 aliphatic heterocycles. The zero-order chi connectivity index (χ0) is 15.9. The van der Waals surface area contributed by atoms with Gasteiger partial charge in [-0.3, -0.25) is 0 Å². The van der Waals surface area contributed by atoms with Crippen LogP contribution in [0.1, 0.15) is 11.1 Å².